The Kier molecular flexibility index (Phi) is 6.50. The maximum Gasteiger partial charge on any atom is 0.175 e. The summed E-state index contributed by atoms with van der Waals surface area (Å²) in [5.41, 5.74) is 3.74. The molecule has 0 saturated carbocycles. The lowest BCUT2D eigenvalue weighted by molar-refractivity contribution is 0.244. The first-order valence-electron chi connectivity index (χ1n) is 13.1. The Bertz CT molecular complexity index is 1590. The molecule has 0 aliphatic carbocycles. The third-order valence-corrected chi connectivity index (χ3v) is 8.66. The quantitative estimate of drug-likeness (QED) is 0.318. The average Bonchev–Trinajstić information content (AvgIpc) is 2.92. The third kappa shape index (κ3) is 4.84. The van der Waals surface area contributed by atoms with Gasteiger partial charge in [-0.2, -0.15) is 0 Å². The molecule has 1 saturated heterocycles. The van der Waals surface area contributed by atoms with E-state index in [0.717, 1.165) is 51.7 Å². The van der Waals surface area contributed by atoms with E-state index in [0.29, 0.717) is 18.4 Å². The molecule has 0 radical (unpaired) electrons. The van der Waals surface area contributed by atoms with Gasteiger partial charge in [0.1, 0.15) is 17.2 Å². The second-order valence-corrected chi connectivity index (χ2v) is 12.2. The van der Waals surface area contributed by atoms with Gasteiger partial charge in [-0.1, -0.05) is 36.8 Å². The number of ether oxygens (including phenoxy) is 2. The molecule has 6 nitrogen and oxygen atoms in total. The van der Waals surface area contributed by atoms with Crippen molar-refractivity contribution < 1.29 is 23.0 Å². The van der Waals surface area contributed by atoms with Gasteiger partial charge in [-0.25, -0.2) is 8.42 Å². The van der Waals surface area contributed by atoms with Gasteiger partial charge in [0, 0.05) is 23.4 Å². The van der Waals surface area contributed by atoms with Crippen molar-refractivity contribution in [2.75, 3.05) is 19.4 Å². The van der Waals surface area contributed by atoms with Crippen LogP contribution >= 0.6 is 0 Å². The van der Waals surface area contributed by atoms with Gasteiger partial charge >= 0.3 is 0 Å². The monoisotopic (exact) mass is 529 g/mol. The number of hydrogen-bond acceptors (Lipinski definition) is 6. The second-order valence-electron chi connectivity index (χ2n) is 10.2. The summed E-state index contributed by atoms with van der Waals surface area (Å²) in [5.74, 6) is 1.54. The van der Waals surface area contributed by atoms with Crippen molar-refractivity contribution in [2.24, 2.45) is 0 Å². The average molecular weight is 530 g/mol. The highest BCUT2D eigenvalue weighted by Crippen LogP contribution is 2.48. The van der Waals surface area contributed by atoms with Crippen molar-refractivity contribution >= 4 is 20.6 Å². The molecule has 6 rings (SSSR count). The summed E-state index contributed by atoms with van der Waals surface area (Å²) in [5, 5.41) is 15.5. The van der Waals surface area contributed by atoms with Gasteiger partial charge in [0.2, 0.25) is 0 Å². The number of phenolic OH excluding ortho intramolecular Hbond substituents is 1. The lowest BCUT2D eigenvalue weighted by atomic mass is 9.86. The summed E-state index contributed by atoms with van der Waals surface area (Å²) >= 11 is 0. The zero-order valence-corrected chi connectivity index (χ0v) is 22.1. The maximum atomic E-state index is 12.3. The molecule has 2 N–H and O–H groups in total. The first-order valence-corrected chi connectivity index (χ1v) is 15.0. The molecule has 0 amide bonds. The van der Waals surface area contributed by atoms with Crippen LogP contribution in [0.5, 0.6) is 17.2 Å². The molecule has 2 aliphatic heterocycles. The predicted molar refractivity (Wildman–Crippen MR) is 149 cm³/mol. The molecular weight excluding hydrogens is 498 g/mol. The lowest BCUT2D eigenvalue weighted by Crippen LogP contribution is -2.35. The molecule has 7 heteroatoms. The number of fused-ring (bicyclic) bond motifs is 5. The number of piperidine rings is 1. The summed E-state index contributed by atoms with van der Waals surface area (Å²) < 4.78 is 37.1. The Labute approximate surface area is 223 Å². The molecule has 0 aromatic heterocycles. The molecule has 1 fully saturated rings. The van der Waals surface area contributed by atoms with Crippen molar-refractivity contribution in [3.63, 3.8) is 0 Å². The summed E-state index contributed by atoms with van der Waals surface area (Å²) in [4.78, 5) is 0.223. The summed E-state index contributed by atoms with van der Waals surface area (Å²) in [6.07, 6.45) is 5.46. The Morgan fingerprint density at radius 2 is 1.79 bits per heavy atom. The van der Waals surface area contributed by atoms with Crippen LogP contribution in [0.4, 0.5) is 0 Å². The van der Waals surface area contributed by atoms with E-state index in [-0.39, 0.29) is 10.6 Å². The van der Waals surface area contributed by atoms with Gasteiger partial charge in [-0.3, -0.25) is 0 Å². The van der Waals surface area contributed by atoms with E-state index in [9.17, 15) is 13.5 Å². The highest BCUT2D eigenvalue weighted by atomic mass is 32.2. The fourth-order valence-electron chi connectivity index (χ4n) is 5.56. The van der Waals surface area contributed by atoms with Crippen LogP contribution in [-0.2, 0) is 9.84 Å². The largest absolute Gasteiger partial charge is 0.508 e. The maximum absolute atomic E-state index is 12.3. The van der Waals surface area contributed by atoms with Crippen LogP contribution < -0.4 is 14.8 Å². The topological polar surface area (TPSA) is 84.9 Å². The van der Waals surface area contributed by atoms with Gasteiger partial charge in [-0.05, 0) is 90.2 Å². The van der Waals surface area contributed by atoms with E-state index in [1.54, 1.807) is 24.3 Å². The van der Waals surface area contributed by atoms with Crippen LogP contribution in [0.25, 0.3) is 21.9 Å². The number of hydrogen-bond donors (Lipinski definition) is 2. The van der Waals surface area contributed by atoms with E-state index < -0.39 is 15.9 Å². The Balaban J connectivity index is 1.35. The SMILES string of the molecule is CS(=O)(=O)c1ccc2c(c1)OC(c1ccc(OCCC3CCCCN3)cc1)c1c-2ccc2cc(O)ccc12. The van der Waals surface area contributed by atoms with E-state index in [1.807, 2.05) is 48.5 Å². The molecule has 38 heavy (non-hydrogen) atoms. The minimum atomic E-state index is -3.39. The third-order valence-electron chi connectivity index (χ3n) is 7.55. The first-order chi connectivity index (χ1) is 18.4. The molecule has 2 heterocycles. The Hall–Kier alpha value is -3.55. The van der Waals surface area contributed by atoms with E-state index >= 15 is 0 Å². The van der Waals surface area contributed by atoms with Crippen LogP contribution in [0, 0.1) is 0 Å². The first kappa shape index (κ1) is 24.8. The number of benzene rings is 4. The van der Waals surface area contributed by atoms with Gasteiger partial charge in [-0.15, -0.1) is 0 Å². The predicted octanol–water partition coefficient (Wildman–Crippen LogP) is 6.01. The summed E-state index contributed by atoms with van der Waals surface area (Å²) in [6.45, 7) is 1.75. The fraction of sp³-hybridized carbons (Fsp3) is 0.290. The van der Waals surface area contributed by atoms with Crippen LogP contribution in [-0.4, -0.2) is 39.0 Å². The van der Waals surface area contributed by atoms with Crippen LogP contribution in [0.15, 0.2) is 77.7 Å². The van der Waals surface area contributed by atoms with Crippen LogP contribution in [0.3, 0.4) is 0 Å². The minimum Gasteiger partial charge on any atom is -0.508 e. The van der Waals surface area contributed by atoms with Gasteiger partial charge in [0.25, 0.3) is 0 Å². The number of phenols is 1. The standard InChI is InChI=1S/C31H31NO5S/c1-38(34,35)25-11-14-27-28-12-7-21-18-23(33)8-13-26(21)30(28)31(37-29(27)19-25)20-5-9-24(10-6-20)36-17-15-22-4-2-3-16-32-22/h5-14,18-19,22,31-33H,2-4,15-17H2,1H3. The molecule has 2 unspecified atom stereocenters. The van der Waals surface area contributed by atoms with E-state index in [1.165, 1.54) is 25.5 Å². The lowest BCUT2D eigenvalue weighted by Gasteiger charge is -2.31. The summed E-state index contributed by atoms with van der Waals surface area (Å²) in [6, 6.07) is 22.8. The molecule has 196 valence electrons. The van der Waals surface area contributed by atoms with Crippen LogP contribution in [0.2, 0.25) is 0 Å². The van der Waals surface area contributed by atoms with Gasteiger partial charge < -0.3 is 19.9 Å². The van der Waals surface area contributed by atoms with Gasteiger partial charge in [0.05, 0.1) is 11.5 Å². The smallest absolute Gasteiger partial charge is 0.175 e. The number of sulfone groups is 1. The highest BCUT2D eigenvalue weighted by Gasteiger charge is 2.30. The van der Waals surface area contributed by atoms with Crippen molar-refractivity contribution in [1.29, 1.82) is 0 Å². The highest BCUT2D eigenvalue weighted by molar-refractivity contribution is 7.90. The molecule has 0 spiro atoms. The molecular formula is C31H31NO5S. The minimum absolute atomic E-state index is 0.203. The van der Waals surface area contributed by atoms with Crippen molar-refractivity contribution in [2.45, 2.75) is 42.7 Å². The zero-order valence-electron chi connectivity index (χ0n) is 21.3. The molecule has 4 aromatic rings. The van der Waals surface area contributed by atoms with Gasteiger partial charge in [0.15, 0.2) is 15.9 Å². The van der Waals surface area contributed by atoms with E-state index in [2.05, 4.69) is 5.32 Å². The van der Waals surface area contributed by atoms with Crippen LogP contribution in [0.1, 0.15) is 42.9 Å². The number of nitrogens with one attached hydrogen (secondary N) is 1. The normalized spacial score (nSPS) is 18.9. The molecule has 0 bridgehead atoms. The van der Waals surface area contributed by atoms with Crippen molar-refractivity contribution in [1.82, 2.24) is 5.32 Å². The molecule has 2 atom stereocenters. The van der Waals surface area contributed by atoms with Crippen molar-refractivity contribution in [3.05, 3.63) is 83.9 Å². The fourth-order valence-corrected chi connectivity index (χ4v) is 6.20. The number of rotatable bonds is 6. The summed E-state index contributed by atoms with van der Waals surface area (Å²) in [7, 11) is -3.39. The number of aromatic hydroxyl groups is 1. The zero-order chi connectivity index (χ0) is 26.3. The second kappa shape index (κ2) is 9.97. The molecule has 4 aromatic carbocycles. The Morgan fingerprint density at radius 1 is 0.974 bits per heavy atom. The van der Waals surface area contributed by atoms with E-state index in [4.69, 9.17) is 9.47 Å². The Morgan fingerprint density at radius 3 is 2.55 bits per heavy atom. The van der Waals surface area contributed by atoms with Crippen molar-refractivity contribution in [3.8, 4) is 28.4 Å². The molecule has 2 aliphatic rings.